The molecule has 0 aliphatic carbocycles. The number of rotatable bonds is 11. The molecule has 1 amide bonds. The monoisotopic (exact) mass is 340 g/mol. The molecule has 4 heteroatoms. The summed E-state index contributed by atoms with van der Waals surface area (Å²) in [7, 11) is 0. The van der Waals surface area contributed by atoms with Crippen LogP contribution in [-0.4, -0.2) is 24.8 Å². The van der Waals surface area contributed by atoms with Crippen molar-refractivity contribution in [3.05, 3.63) is 0 Å². The van der Waals surface area contributed by atoms with Gasteiger partial charge in [-0.25, -0.2) is 0 Å². The van der Waals surface area contributed by atoms with Crippen LogP contribution in [0.4, 0.5) is 0 Å². The topological polar surface area (TPSA) is 50.7 Å². The molecule has 0 aromatic heterocycles. The number of nitrogens with one attached hydrogen (secondary N) is 1. The first kappa shape index (κ1) is 22.9. The highest BCUT2D eigenvalue weighted by Crippen LogP contribution is 2.21. The van der Waals surface area contributed by atoms with Crippen molar-refractivity contribution in [2.45, 2.75) is 93.4 Å². The molecule has 0 unspecified atom stereocenters. The highest BCUT2D eigenvalue weighted by atomic mass is 16.6. The van der Waals surface area contributed by atoms with E-state index < -0.39 is 0 Å². The number of hydrogen-bond acceptors (Lipinski definition) is 3. The molecule has 0 fully saturated rings. The molecule has 0 rings (SSSR count). The molecular weight excluding hydrogens is 300 g/mol. The molecule has 0 radical (unpaired) electrons. The summed E-state index contributed by atoms with van der Waals surface area (Å²) >= 11 is 0. The SMILES string of the molecule is C/C(=N/OCCCCCC(=O)NCCCCC(C)(C)C)C(C)(C)C. The minimum absolute atomic E-state index is 0.0605. The maximum atomic E-state index is 11.7. The molecule has 0 bridgehead atoms. The largest absolute Gasteiger partial charge is 0.396 e. The van der Waals surface area contributed by atoms with E-state index in [0.717, 1.165) is 37.9 Å². The average Bonchev–Trinajstić information content (AvgIpc) is 2.43. The van der Waals surface area contributed by atoms with Gasteiger partial charge in [-0.2, -0.15) is 0 Å². The molecule has 24 heavy (non-hydrogen) atoms. The fourth-order valence-corrected chi connectivity index (χ4v) is 2.00. The summed E-state index contributed by atoms with van der Waals surface area (Å²) in [6, 6.07) is 0. The molecule has 0 heterocycles. The Bertz CT molecular complexity index is 376. The zero-order chi connectivity index (χ0) is 18.6. The lowest BCUT2D eigenvalue weighted by Crippen LogP contribution is -2.24. The molecule has 0 spiro atoms. The number of hydrogen-bond donors (Lipinski definition) is 1. The van der Waals surface area contributed by atoms with Crippen LogP contribution in [0, 0.1) is 10.8 Å². The second-order valence-electron chi connectivity index (χ2n) is 8.94. The van der Waals surface area contributed by atoms with Crippen molar-refractivity contribution in [3.8, 4) is 0 Å². The lowest BCUT2D eigenvalue weighted by molar-refractivity contribution is -0.121. The van der Waals surface area contributed by atoms with Crippen LogP contribution in [0.25, 0.3) is 0 Å². The van der Waals surface area contributed by atoms with Crippen LogP contribution in [0.2, 0.25) is 0 Å². The maximum Gasteiger partial charge on any atom is 0.219 e. The molecule has 0 saturated carbocycles. The maximum absolute atomic E-state index is 11.7. The van der Waals surface area contributed by atoms with E-state index in [1.165, 1.54) is 12.8 Å². The van der Waals surface area contributed by atoms with E-state index in [9.17, 15) is 4.79 Å². The van der Waals surface area contributed by atoms with Crippen LogP contribution in [0.3, 0.4) is 0 Å². The number of carbonyl (C=O) groups excluding carboxylic acids is 1. The number of nitrogens with zero attached hydrogens (tertiary/aromatic N) is 1. The lowest BCUT2D eigenvalue weighted by atomic mass is 9.90. The summed E-state index contributed by atoms with van der Waals surface area (Å²) in [6.07, 6.45) is 6.93. The van der Waals surface area contributed by atoms with Crippen molar-refractivity contribution in [1.29, 1.82) is 0 Å². The van der Waals surface area contributed by atoms with Crippen molar-refractivity contribution in [1.82, 2.24) is 5.32 Å². The van der Waals surface area contributed by atoms with Gasteiger partial charge in [-0.15, -0.1) is 0 Å². The van der Waals surface area contributed by atoms with Crippen LogP contribution >= 0.6 is 0 Å². The van der Waals surface area contributed by atoms with Crippen LogP contribution in [-0.2, 0) is 9.63 Å². The first-order chi connectivity index (χ1) is 11.0. The normalized spacial score (nSPS) is 13.0. The summed E-state index contributed by atoms with van der Waals surface area (Å²) in [6.45, 7) is 16.6. The third-order valence-corrected chi connectivity index (χ3v) is 4.10. The van der Waals surface area contributed by atoms with E-state index in [0.29, 0.717) is 18.4 Å². The van der Waals surface area contributed by atoms with Gasteiger partial charge in [-0.05, 0) is 44.4 Å². The summed E-state index contributed by atoms with van der Waals surface area (Å²) in [5, 5.41) is 7.15. The fraction of sp³-hybridized carbons (Fsp3) is 0.900. The fourth-order valence-electron chi connectivity index (χ4n) is 2.00. The molecule has 0 atom stereocenters. The van der Waals surface area contributed by atoms with Crippen LogP contribution in [0.5, 0.6) is 0 Å². The minimum atomic E-state index is 0.0605. The lowest BCUT2D eigenvalue weighted by Gasteiger charge is -2.17. The summed E-state index contributed by atoms with van der Waals surface area (Å²) in [5.41, 5.74) is 1.46. The molecule has 1 N–H and O–H groups in total. The van der Waals surface area contributed by atoms with Crippen molar-refractivity contribution in [2.75, 3.05) is 13.2 Å². The molecular formula is C20H40N2O2. The molecule has 0 saturated heterocycles. The highest BCUT2D eigenvalue weighted by Gasteiger charge is 2.14. The Balaban J connectivity index is 3.50. The van der Waals surface area contributed by atoms with Gasteiger partial charge in [0.1, 0.15) is 6.61 Å². The van der Waals surface area contributed by atoms with Crippen LogP contribution < -0.4 is 5.32 Å². The first-order valence-electron chi connectivity index (χ1n) is 9.46. The summed E-state index contributed by atoms with van der Waals surface area (Å²) in [5.74, 6) is 0.174. The zero-order valence-electron chi connectivity index (χ0n) is 17.1. The highest BCUT2D eigenvalue weighted by molar-refractivity contribution is 5.86. The predicted octanol–water partition coefficient (Wildman–Crippen LogP) is 5.32. The number of unbranched alkanes of at least 4 members (excludes halogenated alkanes) is 3. The van der Waals surface area contributed by atoms with Gasteiger partial charge in [0.05, 0.1) is 5.71 Å². The second-order valence-corrected chi connectivity index (χ2v) is 8.94. The summed E-state index contributed by atoms with van der Waals surface area (Å²) in [4.78, 5) is 17.1. The van der Waals surface area contributed by atoms with E-state index in [4.69, 9.17) is 4.84 Å². The molecule has 0 aromatic carbocycles. The Kier molecular flexibility index (Phi) is 11.0. The smallest absolute Gasteiger partial charge is 0.219 e. The Morgan fingerprint density at radius 3 is 2.21 bits per heavy atom. The summed E-state index contributed by atoms with van der Waals surface area (Å²) < 4.78 is 0. The quantitative estimate of drug-likeness (QED) is 0.314. The molecule has 4 nitrogen and oxygen atoms in total. The Hall–Kier alpha value is -1.06. The third kappa shape index (κ3) is 14.5. The molecule has 142 valence electrons. The van der Waals surface area contributed by atoms with Gasteiger partial charge >= 0.3 is 0 Å². The zero-order valence-corrected chi connectivity index (χ0v) is 17.1. The van der Waals surface area contributed by atoms with Gasteiger partial charge < -0.3 is 10.2 Å². The first-order valence-corrected chi connectivity index (χ1v) is 9.46. The Morgan fingerprint density at radius 2 is 1.62 bits per heavy atom. The third-order valence-electron chi connectivity index (χ3n) is 4.10. The predicted molar refractivity (Wildman–Crippen MR) is 103 cm³/mol. The van der Waals surface area contributed by atoms with Crippen molar-refractivity contribution >= 4 is 11.6 Å². The second kappa shape index (κ2) is 11.5. The average molecular weight is 341 g/mol. The van der Waals surface area contributed by atoms with Gasteiger partial charge in [0.15, 0.2) is 0 Å². The van der Waals surface area contributed by atoms with Gasteiger partial charge in [-0.1, -0.05) is 53.1 Å². The van der Waals surface area contributed by atoms with Crippen molar-refractivity contribution in [3.63, 3.8) is 0 Å². The molecule has 0 aromatic rings. The van der Waals surface area contributed by atoms with Gasteiger partial charge in [0.2, 0.25) is 5.91 Å². The Labute approximate surface area is 149 Å². The van der Waals surface area contributed by atoms with E-state index in [2.05, 4.69) is 52.0 Å². The van der Waals surface area contributed by atoms with Crippen LogP contribution in [0.15, 0.2) is 5.16 Å². The van der Waals surface area contributed by atoms with E-state index in [1.54, 1.807) is 0 Å². The molecule has 0 aliphatic rings. The van der Waals surface area contributed by atoms with Gasteiger partial charge in [0, 0.05) is 18.4 Å². The minimum Gasteiger partial charge on any atom is -0.396 e. The number of amides is 1. The number of carbonyl (C=O) groups is 1. The molecule has 0 aliphatic heterocycles. The van der Waals surface area contributed by atoms with Gasteiger partial charge in [-0.3, -0.25) is 4.79 Å². The van der Waals surface area contributed by atoms with Gasteiger partial charge in [0.25, 0.3) is 0 Å². The Morgan fingerprint density at radius 1 is 0.958 bits per heavy atom. The van der Waals surface area contributed by atoms with Crippen molar-refractivity contribution < 1.29 is 9.63 Å². The van der Waals surface area contributed by atoms with Crippen molar-refractivity contribution in [2.24, 2.45) is 16.0 Å². The van der Waals surface area contributed by atoms with E-state index in [1.807, 2.05) is 6.92 Å². The van der Waals surface area contributed by atoms with E-state index in [-0.39, 0.29) is 11.3 Å². The van der Waals surface area contributed by atoms with Crippen LogP contribution in [0.1, 0.15) is 93.4 Å². The number of oxime groups is 1. The standard InChI is InChI=1S/C20H40N2O2/c1-17(20(5,6)7)22-24-16-12-8-9-13-18(23)21-15-11-10-14-19(2,3)4/h8-16H2,1-7H3,(H,21,23)/b22-17-. The van der Waals surface area contributed by atoms with E-state index >= 15 is 0 Å².